The third-order valence-corrected chi connectivity index (χ3v) is 3.78. The fourth-order valence-electron chi connectivity index (χ4n) is 1.56. The van der Waals surface area contributed by atoms with Crippen molar-refractivity contribution in [2.45, 2.75) is 19.0 Å². The van der Waals surface area contributed by atoms with E-state index in [1.54, 1.807) is 0 Å². The van der Waals surface area contributed by atoms with Gasteiger partial charge in [-0.25, -0.2) is 12.8 Å². The Morgan fingerprint density at radius 3 is 2.48 bits per heavy atom. The number of nitrogens with two attached hydrogens (primary N) is 1. The van der Waals surface area contributed by atoms with Gasteiger partial charge in [0.05, 0.1) is 17.0 Å². The van der Waals surface area contributed by atoms with Gasteiger partial charge >= 0.3 is 6.18 Å². The van der Waals surface area contributed by atoms with Crippen molar-refractivity contribution in [2.75, 3.05) is 10.5 Å². The first kappa shape index (κ1) is 17.2. The van der Waals surface area contributed by atoms with Crippen molar-refractivity contribution in [1.29, 1.82) is 5.41 Å². The number of sulfonamides is 1. The molecule has 5 nitrogen and oxygen atoms in total. The number of nitrogen functional groups attached to an aromatic ring is 1. The predicted octanol–water partition coefficient (Wildman–Crippen LogP) is 2.19. The van der Waals surface area contributed by atoms with E-state index in [-0.39, 0.29) is 5.69 Å². The van der Waals surface area contributed by atoms with Crippen LogP contribution in [0.25, 0.3) is 0 Å². The van der Waals surface area contributed by atoms with Crippen LogP contribution in [0.5, 0.6) is 0 Å². The number of anilines is 1. The highest BCUT2D eigenvalue weighted by Gasteiger charge is 2.27. The summed E-state index contributed by atoms with van der Waals surface area (Å²) >= 11 is 0. The summed E-state index contributed by atoms with van der Waals surface area (Å²) in [5.41, 5.74) is 4.42. The van der Waals surface area contributed by atoms with Crippen LogP contribution in [0.3, 0.4) is 0 Å². The lowest BCUT2D eigenvalue weighted by atomic mass is 10.1. The Labute approximate surface area is 118 Å². The van der Waals surface area contributed by atoms with Crippen LogP contribution in [0, 0.1) is 11.2 Å². The van der Waals surface area contributed by atoms with E-state index in [0.29, 0.717) is 0 Å². The van der Waals surface area contributed by atoms with Crippen molar-refractivity contribution >= 4 is 21.5 Å². The van der Waals surface area contributed by atoms with Crippen molar-refractivity contribution in [2.24, 2.45) is 5.73 Å². The van der Waals surface area contributed by atoms with Gasteiger partial charge in [0, 0.05) is 6.42 Å². The number of nitrogens with one attached hydrogen (secondary N) is 2. The summed E-state index contributed by atoms with van der Waals surface area (Å²) in [5.74, 6) is -2.38. The highest BCUT2D eigenvalue weighted by atomic mass is 32.2. The average Bonchev–Trinajstić information content (AvgIpc) is 2.25. The molecule has 0 spiro atoms. The van der Waals surface area contributed by atoms with Gasteiger partial charge in [0.2, 0.25) is 10.0 Å². The predicted molar refractivity (Wildman–Crippen MR) is 70.1 cm³/mol. The number of alkyl halides is 3. The lowest BCUT2D eigenvalue weighted by Crippen LogP contribution is -2.22. The molecule has 0 atom stereocenters. The largest absolute Gasteiger partial charge is 0.389 e. The van der Waals surface area contributed by atoms with Gasteiger partial charge in [0.1, 0.15) is 11.7 Å². The van der Waals surface area contributed by atoms with Gasteiger partial charge in [-0.15, -0.1) is 0 Å². The monoisotopic (exact) mass is 327 g/mol. The van der Waals surface area contributed by atoms with Gasteiger partial charge in [0.25, 0.3) is 0 Å². The SMILES string of the molecule is N=C(N)c1c(F)cccc1NS(=O)(=O)CCCC(F)(F)F. The third-order valence-electron chi connectivity index (χ3n) is 2.42. The molecule has 0 amide bonds. The Balaban J connectivity index is 2.85. The van der Waals surface area contributed by atoms with Crippen LogP contribution in [0.1, 0.15) is 18.4 Å². The van der Waals surface area contributed by atoms with Crippen LogP contribution < -0.4 is 10.5 Å². The van der Waals surface area contributed by atoms with E-state index in [0.717, 1.165) is 6.07 Å². The molecule has 21 heavy (non-hydrogen) atoms. The second-order valence-electron chi connectivity index (χ2n) is 4.22. The van der Waals surface area contributed by atoms with Gasteiger partial charge < -0.3 is 5.73 Å². The maximum atomic E-state index is 13.5. The van der Waals surface area contributed by atoms with Gasteiger partial charge in [-0.1, -0.05) is 6.07 Å². The molecule has 4 N–H and O–H groups in total. The molecule has 0 aliphatic rings. The smallest absolute Gasteiger partial charge is 0.384 e. The second kappa shape index (κ2) is 6.29. The summed E-state index contributed by atoms with van der Waals surface area (Å²) in [6.45, 7) is 0. The first-order valence-corrected chi connectivity index (χ1v) is 7.37. The topological polar surface area (TPSA) is 96.0 Å². The molecule has 118 valence electrons. The van der Waals surface area contributed by atoms with E-state index >= 15 is 0 Å². The Kier molecular flexibility index (Phi) is 5.15. The van der Waals surface area contributed by atoms with Crippen molar-refractivity contribution in [3.8, 4) is 0 Å². The van der Waals surface area contributed by atoms with E-state index in [1.165, 1.54) is 12.1 Å². The summed E-state index contributed by atoms with van der Waals surface area (Å²) in [5, 5.41) is 7.20. The summed E-state index contributed by atoms with van der Waals surface area (Å²) in [7, 11) is -4.10. The van der Waals surface area contributed by atoms with Gasteiger partial charge in [0.15, 0.2) is 0 Å². The number of hydrogen-bond donors (Lipinski definition) is 3. The Morgan fingerprint density at radius 2 is 1.95 bits per heavy atom. The molecule has 10 heteroatoms. The lowest BCUT2D eigenvalue weighted by molar-refractivity contribution is -0.134. The van der Waals surface area contributed by atoms with E-state index < -0.39 is 52.0 Å². The van der Waals surface area contributed by atoms with E-state index in [9.17, 15) is 26.0 Å². The van der Waals surface area contributed by atoms with E-state index in [1.807, 2.05) is 4.72 Å². The number of amidine groups is 1. The zero-order valence-electron chi connectivity index (χ0n) is 10.7. The second-order valence-corrected chi connectivity index (χ2v) is 6.06. The Hall–Kier alpha value is -1.84. The van der Waals surface area contributed by atoms with Crippen LogP contribution in [-0.4, -0.2) is 26.2 Å². The number of benzene rings is 1. The fraction of sp³-hybridized carbons (Fsp3) is 0.364. The van der Waals surface area contributed by atoms with E-state index in [4.69, 9.17) is 11.1 Å². The van der Waals surface area contributed by atoms with Crippen LogP contribution in [0.2, 0.25) is 0 Å². The summed E-state index contributed by atoms with van der Waals surface area (Å²) in [6, 6.07) is 3.34. The molecule has 0 radical (unpaired) electrons. The van der Waals surface area contributed by atoms with Crippen molar-refractivity contribution in [3.05, 3.63) is 29.6 Å². The molecular formula is C11H13F4N3O2S. The molecule has 1 aromatic rings. The maximum Gasteiger partial charge on any atom is 0.389 e. The van der Waals surface area contributed by atoms with Crippen molar-refractivity contribution < 1.29 is 26.0 Å². The molecule has 0 unspecified atom stereocenters. The molecule has 0 heterocycles. The third kappa shape index (κ3) is 5.58. The Morgan fingerprint density at radius 1 is 1.33 bits per heavy atom. The number of hydrogen-bond acceptors (Lipinski definition) is 3. The fourth-order valence-corrected chi connectivity index (χ4v) is 2.70. The zero-order valence-corrected chi connectivity index (χ0v) is 11.5. The van der Waals surface area contributed by atoms with Crippen molar-refractivity contribution in [1.82, 2.24) is 0 Å². The molecule has 1 aromatic carbocycles. The number of halogens is 4. The summed E-state index contributed by atoms with van der Waals surface area (Å²) in [6.07, 6.45) is -6.31. The van der Waals surface area contributed by atoms with Gasteiger partial charge in [-0.2, -0.15) is 13.2 Å². The molecule has 0 saturated heterocycles. The quantitative estimate of drug-likeness (QED) is 0.424. The minimum Gasteiger partial charge on any atom is -0.384 e. The summed E-state index contributed by atoms with van der Waals surface area (Å²) < 4.78 is 74.7. The molecule has 0 aliphatic carbocycles. The van der Waals surface area contributed by atoms with Crippen LogP contribution in [0.15, 0.2) is 18.2 Å². The average molecular weight is 327 g/mol. The molecule has 0 fully saturated rings. The van der Waals surface area contributed by atoms with Crippen molar-refractivity contribution in [3.63, 3.8) is 0 Å². The molecule has 0 saturated carbocycles. The first-order chi connectivity index (χ1) is 9.52. The standard InChI is InChI=1S/C11H13F4N3O2S/c12-7-3-1-4-8(9(7)10(16)17)18-21(19,20)6-2-5-11(13,14)15/h1,3-4,18H,2,5-6H2,(H3,16,17). The normalized spacial score (nSPS) is 12.2. The van der Waals surface area contributed by atoms with Gasteiger partial charge in [-0.05, 0) is 18.6 Å². The highest BCUT2D eigenvalue weighted by Crippen LogP contribution is 2.23. The molecule has 0 aromatic heterocycles. The highest BCUT2D eigenvalue weighted by molar-refractivity contribution is 7.92. The number of rotatable bonds is 6. The lowest BCUT2D eigenvalue weighted by Gasteiger charge is -2.12. The zero-order chi connectivity index (χ0) is 16.3. The molecular weight excluding hydrogens is 314 g/mol. The first-order valence-electron chi connectivity index (χ1n) is 5.72. The Bertz CT molecular complexity index is 629. The minimum absolute atomic E-state index is 0.283. The molecule has 0 aliphatic heterocycles. The van der Waals surface area contributed by atoms with Crippen LogP contribution >= 0.6 is 0 Å². The maximum absolute atomic E-state index is 13.5. The summed E-state index contributed by atoms with van der Waals surface area (Å²) in [4.78, 5) is 0. The molecule has 0 bridgehead atoms. The van der Waals surface area contributed by atoms with Gasteiger partial charge in [-0.3, -0.25) is 10.1 Å². The van der Waals surface area contributed by atoms with E-state index in [2.05, 4.69) is 0 Å². The minimum atomic E-state index is -4.45. The molecule has 1 rings (SSSR count). The van der Waals surface area contributed by atoms with Crippen LogP contribution in [-0.2, 0) is 10.0 Å². The van der Waals surface area contributed by atoms with Crippen LogP contribution in [0.4, 0.5) is 23.2 Å².